The number of hydrogen-bond donors (Lipinski definition) is 0. The number of rotatable bonds is 7. The van der Waals surface area contributed by atoms with E-state index in [1.54, 1.807) is 0 Å². The van der Waals surface area contributed by atoms with Crippen LogP contribution in [-0.4, -0.2) is 38.8 Å². The van der Waals surface area contributed by atoms with Gasteiger partial charge in [0.15, 0.2) is 6.29 Å². The van der Waals surface area contributed by atoms with Crippen molar-refractivity contribution in [1.82, 2.24) is 0 Å². The van der Waals surface area contributed by atoms with E-state index in [0.29, 0.717) is 26.4 Å². The Morgan fingerprint density at radius 2 is 1.87 bits per heavy atom. The third-order valence-electron chi connectivity index (χ3n) is 1.74. The van der Waals surface area contributed by atoms with Gasteiger partial charge >= 0.3 is 8.60 Å². The van der Waals surface area contributed by atoms with Crippen LogP contribution in [0.1, 0.15) is 20.8 Å². The summed E-state index contributed by atoms with van der Waals surface area (Å²) in [4.78, 5) is 0. The molecule has 0 aliphatic carbocycles. The van der Waals surface area contributed by atoms with E-state index in [4.69, 9.17) is 23.0 Å². The summed E-state index contributed by atoms with van der Waals surface area (Å²) in [6.07, 6.45) is -0.144. The molecular weight excluding hydrogens is 219 g/mol. The van der Waals surface area contributed by atoms with Crippen LogP contribution in [0.25, 0.3) is 0 Å². The summed E-state index contributed by atoms with van der Waals surface area (Å²) in [5.74, 6) is 0. The highest BCUT2D eigenvalue weighted by Crippen LogP contribution is 2.39. The maximum absolute atomic E-state index is 5.47. The van der Waals surface area contributed by atoms with Crippen molar-refractivity contribution in [3.63, 3.8) is 0 Å². The van der Waals surface area contributed by atoms with Gasteiger partial charge in [0.25, 0.3) is 0 Å². The second-order valence-corrected chi connectivity index (χ2v) is 4.24. The van der Waals surface area contributed by atoms with Gasteiger partial charge in [-0.1, -0.05) is 0 Å². The average molecular weight is 238 g/mol. The van der Waals surface area contributed by atoms with E-state index < -0.39 is 8.60 Å². The molecule has 15 heavy (non-hydrogen) atoms. The molecule has 1 aliphatic rings. The maximum atomic E-state index is 5.47. The lowest BCUT2D eigenvalue weighted by Gasteiger charge is -2.16. The minimum Gasteiger partial charge on any atom is -0.350 e. The van der Waals surface area contributed by atoms with Gasteiger partial charge in [-0.3, -0.25) is 0 Å². The van der Waals surface area contributed by atoms with Crippen molar-refractivity contribution in [3.8, 4) is 0 Å². The molecule has 2 atom stereocenters. The van der Waals surface area contributed by atoms with Crippen LogP contribution in [0.5, 0.6) is 0 Å². The van der Waals surface area contributed by atoms with Gasteiger partial charge in [0.05, 0.1) is 26.4 Å². The van der Waals surface area contributed by atoms with Gasteiger partial charge in [-0.05, 0) is 20.8 Å². The van der Waals surface area contributed by atoms with Crippen LogP contribution < -0.4 is 0 Å². The van der Waals surface area contributed by atoms with E-state index in [-0.39, 0.29) is 12.4 Å². The third kappa shape index (κ3) is 5.20. The molecule has 0 aromatic heterocycles. The average Bonchev–Trinajstić information content (AvgIpc) is 2.61. The smallest absolute Gasteiger partial charge is 0.332 e. The quantitative estimate of drug-likeness (QED) is 0.635. The molecule has 0 N–H and O–H groups in total. The Morgan fingerprint density at radius 1 is 1.20 bits per heavy atom. The normalized spacial score (nSPS) is 26.4. The fourth-order valence-corrected chi connectivity index (χ4v) is 2.08. The zero-order valence-electron chi connectivity index (χ0n) is 9.47. The molecule has 0 aromatic rings. The van der Waals surface area contributed by atoms with Crippen molar-refractivity contribution < 1.29 is 23.0 Å². The molecule has 1 fully saturated rings. The fourth-order valence-electron chi connectivity index (χ4n) is 1.15. The van der Waals surface area contributed by atoms with Gasteiger partial charge in [0.2, 0.25) is 0 Å². The minimum absolute atomic E-state index is 0.00841. The van der Waals surface area contributed by atoms with E-state index in [2.05, 4.69) is 0 Å². The van der Waals surface area contributed by atoms with Gasteiger partial charge in [-0.25, -0.2) is 0 Å². The number of ether oxygens (including phenoxy) is 2. The molecule has 1 aliphatic heterocycles. The van der Waals surface area contributed by atoms with E-state index in [1.165, 1.54) is 0 Å². The van der Waals surface area contributed by atoms with E-state index >= 15 is 0 Å². The summed E-state index contributed by atoms with van der Waals surface area (Å²) < 4.78 is 26.7. The molecule has 1 rings (SSSR count). The molecule has 5 nitrogen and oxygen atoms in total. The number of hydrogen-bond acceptors (Lipinski definition) is 5. The molecule has 2 unspecified atom stereocenters. The van der Waals surface area contributed by atoms with Crippen molar-refractivity contribution in [2.45, 2.75) is 33.2 Å². The second-order valence-electron chi connectivity index (χ2n) is 3.01. The van der Waals surface area contributed by atoms with Crippen molar-refractivity contribution >= 4 is 8.60 Å². The topological polar surface area (TPSA) is 46.2 Å². The zero-order chi connectivity index (χ0) is 11.1. The first-order valence-corrected chi connectivity index (χ1v) is 6.31. The van der Waals surface area contributed by atoms with Gasteiger partial charge in [-0.15, -0.1) is 0 Å². The highest BCUT2D eigenvalue weighted by molar-refractivity contribution is 7.41. The van der Waals surface area contributed by atoms with Crippen LogP contribution in [-0.2, 0) is 23.0 Å². The summed E-state index contributed by atoms with van der Waals surface area (Å²) in [7, 11) is -1.23. The predicted molar refractivity (Wildman–Crippen MR) is 56.4 cm³/mol. The molecule has 0 radical (unpaired) electrons. The van der Waals surface area contributed by atoms with Crippen molar-refractivity contribution in [2.24, 2.45) is 0 Å². The minimum atomic E-state index is -1.23. The second kappa shape index (κ2) is 7.49. The van der Waals surface area contributed by atoms with Crippen LogP contribution >= 0.6 is 8.60 Å². The van der Waals surface area contributed by atoms with Crippen LogP contribution in [0, 0.1) is 0 Å². The van der Waals surface area contributed by atoms with E-state index in [9.17, 15) is 0 Å². The zero-order valence-corrected chi connectivity index (χ0v) is 10.4. The lowest BCUT2D eigenvalue weighted by atomic mass is 10.4. The molecule has 0 bridgehead atoms. The lowest BCUT2D eigenvalue weighted by Crippen LogP contribution is -2.17. The van der Waals surface area contributed by atoms with Crippen LogP contribution in [0.4, 0.5) is 0 Å². The summed E-state index contributed by atoms with van der Waals surface area (Å²) in [6, 6.07) is 0. The summed E-state index contributed by atoms with van der Waals surface area (Å²) in [5, 5.41) is 0. The molecule has 0 aromatic carbocycles. The molecule has 90 valence electrons. The molecule has 6 heteroatoms. The Kier molecular flexibility index (Phi) is 6.64. The van der Waals surface area contributed by atoms with Gasteiger partial charge < -0.3 is 23.0 Å². The first-order chi connectivity index (χ1) is 7.26. The van der Waals surface area contributed by atoms with Crippen molar-refractivity contribution in [2.75, 3.05) is 26.4 Å². The molecule has 1 heterocycles. The molecule has 0 saturated carbocycles. The summed E-state index contributed by atoms with van der Waals surface area (Å²) in [5.41, 5.74) is 0. The Morgan fingerprint density at radius 3 is 2.33 bits per heavy atom. The van der Waals surface area contributed by atoms with E-state index in [1.807, 2.05) is 20.8 Å². The van der Waals surface area contributed by atoms with Gasteiger partial charge in [-0.2, -0.15) is 0 Å². The first-order valence-electron chi connectivity index (χ1n) is 5.22. The summed E-state index contributed by atoms with van der Waals surface area (Å²) in [6.45, 7) is 7.89. The van der Waals surface area contributed by atoms with E-state index in [0.717, 1.165) is 0 Å². The fraction of sp³-hybridized carbons (Fsp3) is 1.00. The van der Waals surface area contributed by atoms with Crippen LogP contribution in [0.2, 0.25) is 0 Å². The molecule has 0 amide bonds. The first kappa shape index (κ1) is 13.3. The van der Waals surface area contributed by atoms with Gasteiger partial charge in [0, 0.05) is 0 Å². The highest BCUT2D eigenvalue weighted by Gasteiger charge is 2.24. The highest BCUT2D eigenvalue weighted by atomic mass is 31.2. The molecule has 1 saturated heterocycles. The Hall–Kier alpha value is 0.230. The molecule has 0 spiro atoms. The largest absolute Gasteiger partial charge is 0.350 e. The SMILES string of the molecule is CCOP(OCC)OCC1COC(C)O1. The lowest BCUT2D eigenvalue weighted by molar-refractivity contribution is -0.0499. The third-order valence-corrected chi connectivity index (χ3v) is 3.03. The van der Waals surface area contributed by atoms with Crippen molar-refractivity contribution in [1.29, 1.82) is 0 Å². The van der Waals surface area contributed by atoms with Gasteiger partial charge in [0.1, 0.15) is 6.10 Å². The van der Waals surface area contributed by atoms with Crippen LogP contribution in [0.3, 0.4) is 0 Å². The molecular formula is C9H19O5P. The monoisotopic (exact) mass is 238 g/mol. The Labute approximate surface area is 92.0 Å². The Balaban J connectivity index is 2.15. The summed E-state index contributed by atoms with van der Waals surface area (Å²) >= 11 is 0. The van der Waals surface area contributed by atoms with Crippen molar-refractivity contribution in [3.05, 3.63) is 0 Å². The van der Waals surface area contributed by atoms with Crippen LogP contribution in [0.15, 0.2) is 0 Å². The Bertz CT molecular complexity index is 163. The standard InChI is InChI=1S/C9H19O5P/c1-4-11-15(12-5-2)13-7-9-6-10-8(3)14-9/h8-9H,4-7H2,1-3H3. The maximum Gasteiger partial charge on any atom is 0.332 e. The predicted octanol–water partition coefficient (Wildman–Crippen LogP) is 2.06.